The van der Waals surface area contributed by atoms with E-state index >= 15 is 0 Å². The Labute approximate surface area is 123 Å². The van der Waals surface area contributed by atoms with Crippen molar-refractivity contribution >= 4 is 17.5 Å². The van der Waals surface area contributed by atoms with Gasteiger partial charge in [0.2, 0.25) is 0 Å². The summed E-state index contributed by atoms with van der Waals surface area (Å²) in [7, 11) is 0. The second kappa shape index (κ2) is 6.48. The molecule has 1 heterocycles. The van der Waals surface area contributed by atoms with Crippen molar-refractivity contribution in [1.82, 2.24) is 15.1 Å². The maximum atomic E-state index is 12.4. The van der Waals surface area contributed by atoms with Gasteiger partial charge in [-0.05, 0) is 31.5 Å². The number of aromatic nitrogens is 2. The fourth-order valence-corrected chi connectivity index (χ4v) is 2.05. The molecule has 20 heavy (non-hydrogen) atoms. The minimum atomic E-state index is -0.141. The van der Waals surface area contributed by atoms with Crippen LogP contribution in [0.5, 0.6) is 0 Å². The van der Waals surface area contributed by atoms with Crippen LogP contribution < -0.4 is 0 Å². The van der Waals surface area contributed by atoms with Gasteiger partial charge in [0.05, 0.1) is 0 Å². The molecule has 0 unspecified atom stereocenters. The number of hydrogen-bond acceptors (Lipinski definition) is 3. The molecule has 2 rings (SSSR count). The third-order valence-electron chi connectivity index (χ3n) is 2.98. The molecule has 0 N–H and O–H groups in total. The number of hydrogen-bond donors (Lipinski definition) is 0. The van der Waals surface area contributed by atoms with Crippen LogP contribution in [0, 0.1) is 6.92 Å². The predicted octanol–water partition coefficient (Wildman–Crippen LogP) is 3.10. The van der Waals surface area contributed by atoms with Crippen molar-refractivity contribution in [2.75, 3.05) is 6.54 Å². The molecule has 1 aromatic heterocycles. The van der Waals surface area contributed by atoms with Gasteiger partial charge in [-0.2, -0.15) is 0 Å². The minimum absolute atomic E-state index is 0.141. The molecule has 0 fully saturated rings. The number of rotatable bonds is 4. The van der Waals surface area contributed by atoms with E-state index in [0.717, 1.165) is 5.56 Å². The molecule has 0 saturated carbocycles. The maximum absolute atomic E-state index is 12.4. The first-order valence-corrected chi connectivity index (χ1v) is 6.82. The van der Waals surface area contributed by atoms with Crippen LogP contribution in [-0.2, 0) is 6.54 Å². The average Bonchev–Trinajstić information content (AvgIpc) is 2.45. The fourth-order valence-electron chi connectivity index (χ4n) is 1.95. The lowest BCUT2D eigenvalue weighted by Crippen LogP contribution is -2.31. The molecule has 0 spiro atoms. The molecule has 104 valence electrons. The molecule has 0 bridgehead atoms. The molecule has 0 radical (unpaired) electrons. The van der Waals surface area contributed by atoms with Crippen molar-refractivity contribution < 1.29 is 4.79 Å². The Bertz CT molecular complexity index is 598. The van der Waals surface area contributed by atoms with Crippen LogP contribution in [0.1, 0.15) is 28.5 Å². The summed E-state index contributed by atoms with van der Waals surface area (Å²) in [4.78, 5) is 14.1. The highest BCUT2D eigenvalue weighted by Gasteiger charge is 2.16. The molecule has 0 atom stereocenters. The highest BCUT2D eigenvalue weighted by atomic mass is 35.5. The third kappa shape index (κ3) is 3.54. The van der Waals surface area contributed by atoms with Crippen LogP contribution in [0.25, 0.3) is 0 Å². The SMILES string of the molecule is CCN(Cc1cccc(C)c1)C(=O)c1ccc(Cl)nn1. The van der Waals surface area contributed by atoms with E-state index in [1.807, 2.05) is 32.0 Å². The normalized spacial score (nSPS) is 10.3. The molecule has 1 aromatic carbocycles. The lowest BCUT2D eigenvalue weighted by atomic mass is 10.1. The Kier molecular flexibility index (Phi) is 4.69. The Balaban J connectivity index is 2.15. The molecular formula is C15H16ClN3O. The van der Waals surface area contributed by atoms with Gasteiger partial charge in [-0.1, -0.05) is 41.4 Å². The average molecular weight is 290 g/mol. The molecule has 1 amide bonds. The smallest absolute Gasteiger partial charge is 0.274 e. The van der Waals surface area contributed by atoms with E-state index in [1.54, 1.807) is 17.0 Å². The molecule has 0 aliphatic rings. The van der Waals surface area contributed by atoms with E-state index in [0.29, 0.717) is 18.8 Å². The first-order valence-electron chi connectivity index (χ1n) is 6.44. The summed E-state index contributed by atoms with van der Waals surface area (Å²) in [6.45, 7) is 5.14. The standard InChI is InChI=1S/C15H16ClN3O/c1-3-19(10-12-6-4-5-11(2)9-12)15(20)13-7-8-14(16)18-17-13/h4-9H,3,10H2,1-2H3. The second-order valence-corrected chi connectivity index (χ2v) is 4.94. The van der Waals surface area contributed by atoms with Gasteiger partial charge in [-0.25, -0.2) is 0 Å². The van der Waals surface area contributed by atoms with Gasteiger partial charge in [0.15, 0.2) is 10.8 Å². The van der Waals surface area contributed by atoms with Crippen LogP contribution in [0.3, 0.4) is 0 Å². The van der Waals surface area contributed by atoms with Crippen molar-refractivity contribution in [3.05, 3.63) is 58.4 Å². The predicted molar refractivity (Wildman–Crippen MR) is 78.6 cm³/mol. The van der Waals surface area contributed by atoms with Crippen molar-refractivity contribution in [1.29, 1.82) is 0 Å². The van der Waals surface area contributed by atoms with Crippen LogP contribution in [0.15, 0.2) is 36.4 Å². The van der Waals surface area contributed by atoms with E-state index in [-0.39, 0.29) is 11.1 Å². The van der Waals surface area contributed by atoms with E-state index < -0.39 is 0 Å². The molecular weight excluding hydrogens is 274 g/mol. The summed E-state index contributed by atoms with van der Waals surface area (Å²) in [6.07, 6.45) is 0. The van der Waals surface area contributed by atoms with Gasteiger partial charge in [-0.15, -0.1) is 10.2 Å². The van der Waals surface area contributed by atoms with Crippen LogP contribution >= 0.6 is 11.6 Å². The third-order valence-corrected chi connectivity index (χ3v) is 3.18. The number of carbonyl (C=O) groups is 1. The lowest BCUT2D eigenvalue weighted by Gasteiger charge is -2.20. The van der Waals surface area contributed by atoms with Crippen molar-refractivity contribution in [3.63, 3.8) is 0 Å². The largest absolute Gasteiger partial charge is 0.333 e. The first kappa shape index (κ1) is 14.5. The maximum Gasteiger partial charge on any atom is 0.274 e. The van der Waals surface area contributed by atoms with E-state index in [4.69, 9.17) is 11.6 Å². The zero-order valence-corrected chi connectivity index (χ0v) is 12.3. The van der Waals surface area contributed by atoms with Gasteiger partial charge < -0.3 is 4.90 Å². The summed E-state index contributed by atoms with van der Waals surface area (Å²) in [6, 6.07) is 11.3. The quantitative estimate of drug-likeness (QED) is 0.869. The molecule has 0 saturated heterocycles. The number of amides is 1. The number of nitrogens with zero attached hydrogens (tertiary/aromatic N) is 3. The van der Waals surface area contributed by atoms with Crippen LogP contribution in [0.4, 0.5) is 0 Å². The number of aryl methyl sites for hydroxylation is 1. The Hall–Kier alpha value is -1.94. The second-order valence-electron chi connectivity index (χ2n) is 4.55. The Morgan fingerprint density at radius 1 is 1.25 bits per heavy atom. The van der Waals surface area contributed by atoms with Gasteiger partial charge in [0.25, 0.3) is 5.91 Å². The molecule has 0 aliphatic heterocycles. The lowest BCUT2D eigenvalue weighted by molar-refractivity contribution is 0.0745. The summed E-state index contributed by atoms with van der Waals surface area (Å²) < 4.78 is 0. The minimum Gasteiger partial charge on any atom is -0.333 e. The highest BCUT2D eigenvalue weighted by Crippen LogP contribution is 2.11. The molecule has 4 nitrogen and oxygen atoms in total. The topological polar surface area (TPSA) is 46.1 Å². The van der Waals surface area contributed by atoms with E-state index in [2.05, 4.69) is 16.3 Å². The first-order chi connectivity index (χ1) is 9.60. The van der Waals surface area contributed by atoms with Crippen molar-refractivity contribution in [3.8, 4) is 0 Å². The van der Waals surface area contributed by atoms with Gasteiger partial charge in [-0.3, -0.25) is 4.79 Å². The van der Waals surface area contributed by atoms with Crippen molar-refractivity contribution in [2.24, 2.45) is 0 Å². The molecule has 2 aromatic rings. The zero-order valence-electron chi connectivity index (χ0n) is 11.5. The molecule has 0 aliphatic carbocycles. The number of carbonyl (C=O) groups excluding carboxylic acids is 1. The number of halogens is 1. The fraction of sp³-hybridized carbons (Fsp3) is 0.267. The summed E-state index contributed by atoms with van der Waals surface area (Å²) >= 11 is 5.68. The van der Waals surface area contributed by atoms with Crippen molar-refractivity contribution in [2.45, 2.75) is 20.4 Å². The Morgan fingerprint density at radius 3 is 2.65 bits per heavy atom. The highest BCUT2D eigenvalue weighted by molar-refractivity contribution is 6.29. The van der Waals surface area contributed by atoms with Gasteiger partial charge in [0.1, 0.15) is 0 Å². The summed E-state index contributed by atoms with van der Waals surface area (Å²) in [5, 5.41) is 7.82. The molecule has 5 heteroatoms. The monoisotopic (exact) mass is 289 g/mol. The van der Waals surface area contributed by atoms with Gasteiger partial charge >= 0.3 is 0 Å². The summed E-state index contributed by atoms with van der Waals surface area (Å²) in [5.74, 6) is -0.141. The van der Waals surface area contributed by atoms with E-state index in [1.165, 1.54) is 5.56 Å². The van der Waals surface area contributed by atoms with Crippen LogP contribution in [0.2, 0.25) is 5.15 Å². The summed E-state index contributed by atoms with van der Waals surface area (Å²) in [5.41, 5.74) is 2.59. The zero-order chi connectivity index (χ0) is 14.5. The van der Waals surface area contributed by atoms with Gasteiger partial charge in [0, 0.05) is 13.1 Å². The Morgan fingerprint density at radius 2 is 2.05 bits per heavy atom. The van der Waals surface area contributed by atoms with Crippen LogP contribution in [-0.4, -0.2) is 27.5 Å². The van der Waals surface area contributed by atoms with E-state index in [9.17, 15) is 4.79 Å². The number of benzene rings is 1.